The summed E-state index contributed by atoms with van der Waals surface area (Å²) in [7, 11) is 0. The van der Waals surface area contributed by atoms with Crippen LogP contribution in [0.2, 0.25) is 0 Å². The molecule has 2 saturated heterocycles. The monoisotopic (exact) mass is 230 g/mol. The van der Waals surface area contributed by atoms with Crippen molar-refractivity contribution in [2.24, 2.45) is 0 Å². The van der Waals surface area contributed by atoms with Crippen LogP contribution in [0.5, 0.6) is 0 Å². The molecule has 0 saturated carbocycles. The fourth-order valence-corrected chi connectivity index (χ4v) is 1.92. The van der Waals surface area contributed by atoms with E-state index in [0.717, 1.165) is 0 Å². The van der Waals surface area contributed by atoms with Crippen molar-refractivity contribution in [1.29, 1.82) is 0 Å². The van der Waals surface area contributed by atoms with Gasteiger partial charge in [0.05, 0.1) is 12.7 Å². The summed E-state index contributed by atoms with van der Waals surface area (Å²) in [4.78, 5) is 23.8. The minimum Gasteiger partial charge on any atom is -0.394 e. The summed E-state index contributed by atoms with van der Waals surface area (Å²) in [5, 5.41) is 20.6. The molecule has 2 rings (SSSR count). The molecule has 7 heteroatoms. The number of aliphatic hydroxyl groups is 2. The first-order valence-electron chi connectivity index (χ1n) is 5.16. The fraction of sp³-hybridized carbons (Fsp3) is 0.778. The van der Waals surface area contributed by atoms with Gasteiger partial charge in [-0.15, -0.1) is 0 Å². The van der Waals surface area contributed by atoms with E-state index in [2.05, 4.69) is 5.32 Å². The van der Waals surface area contributed by atoms with Gasteiger partial charge in [0.25, 0.3) is 0 Å². The van der Waals surface area contributed by atoms with Crippen LogP contribution in [0.3, 0.4) is 0 Å². The fourth-order valence-electron chi connectivity index (χ4n) is 1.92. The number of carbonyl (C=O) groups excluding carboxylic acids is 2. The van der Waals surface area contributed by atoms with Crippen LogP contribution in [0.1, 0.15) is 12.8 Å². The third-order valence-electron chi connectivity index (χ3n) is 2.82. The third-order valence-corrected chi connectivity index (χ3v) is 2.82. The molecule has 0 radical (unpaired) electrons. The molecule has 0 aromatic heterocycles. The predicted molar refractivity (Wildman–Crippen MR) is 51.2 cm³/mol. The molecule has 0 spiro atoms. The molecule has 3 amide bonds. The van der Waals surface area contributed by atoms with Crippen LogP contribution in [0.4, 0.5) is 4.79 Å². The summed E-state index contributed by atoms with van der Waals surface area (Å²) in [5.41, 5.74) is 0. The van der Waals surface area contributed by atoms with Gasteiger partial charge in [-0.05, 0) is 0 Å². The Bertz CT molecular complexity index is 308. The lowest BCUT2D eigenvalue weighted by Gasteiger charge is -2.31. The van der Waals surface area contributed by atoms with E-state index in [1.165, 1.54) is 4.90 Å². The molecule has 0 aromatic carbocycles. The highest BCUT2D eigenvalue weighted by molar-refractivity contribution is 5.96. The van der Waals surface area contributed by atoms with Gasteiger partial charge in [-0.25, -0.2) is 4.79 Å². The van der Waals surface area contributed by atoms with E-state index in [1.54, 1.807) is 0 Å². The summed E-state index contributed by atoms with van der Waals surface area (Å²) in [5.74, 6) is -0.307. The minimum absolute atomic E-state index is 0.228. The number of hydrogen-bond acceptors (Lipinski definition) is 5. The van der Waals surface area contributed by atoms with E-state index < -0.39 is 24.5 Å². The average molecular weight is 230 g/mol. The molecule has 7 nitrogen and oxygen atoms in total. The molecule has 90 valence electrons. The number of hydrogen-bond donors (Lipinski definition) is 3. The van der Waals surface area contributed by atoms with E-state index >= 15 is 0 Å². The number of imide groups is 1. The SMILES string of the molecule is O=C1CCN([C@H]2C[C@H](O)C(CO)O2)C(=O)N1. The molecular weight excluding hydrogens is 216 g/mol. The predicted octanol–water partition coefficient (Wildman–Crippen LogP) is -1.60. The normalized spacial score (nSPS) is 35.4. The molecule has 2 aliphatic rings. The average Bonchev–Trinajstić information content (AvgIpc) is 2.59. The van der Waals surface area contributed by atoms with Gasteiger partial charge in [0, 0.05) is 19.4 Å². The number of amides is 3. The molecule has 2 aliphatic heterocycles. The first-order valence-corrected chi connectivity index (χ1v) is 5.16. The number of ether oxygens (including phenoxy) is 1. The Balaban J connectivity index is 1.98. The standard InChI is InChI=1S/C9H14N2O5/c12-4-6-5(13)3-8(16-6)11-2-1-7(14)10-9(11)15/h5-6,8,12-13H,1-4H2,(H,10,14,15)/t5-,6?,8+/m0/s1. The van der Waals surface area contributed by atoms with Gasteiger partial charge < -0.3 is 14.9 Å². The van der Waals surface area contributed by atoms with Crippen LogP contribution < -0.4 is 5.32 Å². The molecular formula is C9H14N2O5. The Kier molecular flexibility index (Phi) is 3.08. The quantitative estimate of drug-likeness (QED) is 0.530. The summed E-state index contributed by atoms with van der Waals surface area (Å²) in [6.45, 7) is -0.00768. The van der Waals surface area contributed by atoms with Gasteiger partial charge in [0.2, 0.25) is 5.91 Å². The van der Waals surface area contributed by atoms with Gasteiger partial charge in [-0.3, -0.25) is 15.0 Å². The van der Waals surface area contributed by atoms with Crippen molar-refractivity contribution in [2.75, 3.05) is 13.2 Å². The molecule has 0 bridgehead atoms. The molecule has 1 unspecified atom stereocenters. The van der Waals surface area contributed by atoms with Crippen LogP contribution in [0, 0.1) is 0 Å². The number of rotatable bonds is 2. The lowest BCUT2D eigenvalue weighted by atomic mass is 10.2. The first-order chi connectivity index (χ1) is 7.61. The Hall–Kier alpha value is -1.18. The van der Waals surface area contributed by atoms with Gasteiger partial charge in [0.1, 0.15) is 12.3 Å². The largest absolute Gasteiger partial charge is 0.394 e. The summed E-state index contributed by atoms with van der Waals surface area (Å²) >= 11 is 0. The molecule has 2 heterocycles. The zero-order valence-electron chi connectivity index (χ0n) is 8.63. The maximum Gasteiger partial charge on any atom is 0.326 e. The van der Waals surface area contributed by atoms with Crippen LogP contribution >= 0.6 is 0 Å². The second-order valence-electron chi connectivity index (χ2n) is 3.91. The summed E-state index contributed by atoms with van der Waals surface area (Å²) in [6.07, 6.45) is -1.52. The lowest BCUT2D eigenvalue weighted by Crippen LogP contribution is -2.53. The van der Waals surface area contributed by atoms with Crippen LogP contribution in [-0.4, -0.2) is 58.6 Å². The molecule has 3 atom stereocenters. The third kappa shape index (κ3) is 2.01. The van der Waals surface area contributed by atoms with Gasteiger partial charge in [0.15, 0.2) is 0 Å². The van der Waals surface area contributed by atoms with Crippen LogP contribution in [-0.2, 0) is 9.53 Å². The van der Waals surface area contributed by atoms with E-state index in [9.17, 15) is 14.7 Å². The Labute approximate surface area is 92.0 Å². The highest BCUT2D eigenvalue weighted by atomic mass is 16.5. The van der Waals surface area contributed by atoms with Gasteiger partial charge in [-0.2, -0.15) is 0 Å². The zero-order chi connectivity index (χ0) is 11.7. The Morgan fingerprint density at radius 3 is 2.81 bits per heavy atom. The number of aliphatic hydroxyl groups excluding tert-OH is 2. The topological polar surface area (TPSA) is 99.1 Å². The molecule has 0 aliphatic carbocycles. The van der Waals surface area contributed by atoms with Crippen molar-refractivity contribution >= 4 is 11.9 Å². The summed E-state index contributed by atoms with van der Waals surface area (Å²) in [6, 6.07) is -0.507. The van der Waals surface area contributed by atoms with E-state index in [0.29, 0.717) is 0 Å². The number of carbonyl (C=O) groups is 2. The lowest BCUT2D eigenvalue weighted by molar-refractivity contribution is -0.123. The molecule has 3 N–H and O–H groups in total. The first kappa shape index (κ1) is 11.3. The molecule has 2 fully saturated rings. The van der Waals surface area contributed by atoms with E-state index in [4.69, 9.17) is 9.84 Å². The molecule has 0 aromatic rings. The maximum absolute atomic E-state index is 11.5. The van der Waals surface area contributed by atoms with E-state index in [1.807, 2.05) is 0 Å². The minimum atomic E-state index is -0.777. The number of nitrogens with zero attached hydrogens (tertiary/aromatic N) is 1. The molecule has 16 heavy (non-hydrogen) atoms. The van der Waals surface area contributed by atoms with Crippen molar-refractivity contribution in [1.82, 2.24) is 10.2 Å². The van der Waals surface area contributed by atoms with Crippen molar-refractivity contribution in [2.45, 2.75) is 31.3 Å². The maximum atomic E-state index is 11.5. The Morgan fingerprint density at radius 2 is 2.25 bits per heavy atom. The van der Waals surface area contributed by atoms with Gasteiger partial charge >= 0.3 is 6.03 Å². The number of nitrogens with one attached hydrogen (secondary N) is 1. The second-order valence-corrected chi connectivity index (χ2v) is 3.91. The highest BCUT2D eigenvalue weighted by Crippen LogP contribution is 2.24. The van der Waals surface area contributed by atoms with Crippen molar-refractivity contribution in [3.05, 3.63) is 0 Å². The van der Waals surface area contributed by atoms with E-state index in [-0.39, 0.29) is 31.9 Å². The van der Waals surface area contributed by atoms with Gasteiger partial charge in [-0.1, -0.05) is 0 Å². The van der Waals surface area contributed by atoms with Crippen LogP contribution in [0.15, 0.2) is 0 Å². The highest BCUT2D eigenvalue weighted by Gasteiger charge is 2.40. The smallest absolute Gasteiger partial charge is 0.326 e. The summed E-state index contributed by atoms with van der Waals surface area (Å²) < 4.78 is 5.32. The van der Waals surface area contributed by atoms with Crippen molar-refractivity contribution in [3.8, 4) is 0 Å². The Morgan fingerprint density at radius 1 is 1.50 bits per heavy atom. The van der Waals surface area contributed by atoms with Crippen LogP contribution in [0.25, 0.3) is 0 Å². The zero-order valence-corrected chi connectivity index (χ0v) is 8.63. The number of urea groups is 1. The van der Waals surface area contributed by atoms with Crippen molar-refractivity contribution < 1.29 is 24.5 Å². The second kappa shape index (κ2) is 4.36. The van der Waals surface area contributed by atoms with Crippen molar-refractivity contribution in [3.63, 3.8) is 0 Å².